The Morgan fingerprint density at radius 1 is 1.41 bits per heavy atom. The van der Waals surface area contributed by atoms with Crippen LogP contribution in [-0.4, -0.2) is 37.2 Å². The van der Waals surface area contributed by atoms with Gasteiger partial charge in [-0.2, -0.15) is 0 Å². The van der Waals surface area contributed by atoms with Crippen LogP contribution < -0.4 is 4.90 Å². The smallest absolute Gasteiger partial charge is 0.416 e. The number of rotatable bonds is 5. The van der Waals surface area contributed by atoms with E-state index in [0.717, 1.165) is 5.69 Å². The number of amides is 1. The second kappa shape index (κ2) is 5.65. The Hall–Kier alpha value is -1.59. The van der Waals surface area contributed by atoms with E-state index in [1.54, 1.807) is 0 Å². The van der Waals surface area contributed by atoms with Crippen LogP contribution in [0.3, 0.4) is 0 Å². The molecule has 1 aromatic carbocycles. The number of anilines is 1. The Morgan fingerprint density at radius 3 is 2.88 bits per heavy atom. The summed E-state index contributed by atoms with van der Waals surface area (Å²) in [4.78, 5) is 13.1. The van der Waals surface area contributed by atoms with E-state index in [1.165, 1.54) is 4.90 Å². The maximum absolute atomic E-state index is 11.6. The standard InChI is InChI=1S/C12H15NO4/c14-7-4-8-16-11-9-17-12(15)13(11)10-5-2-1-3-6-10/h1-3,5-6,11,14H,4,7-9H2. The lowest BCUT2D eigenvalue weighted by atomic mass is 10.3. The summed E-state index contributed by atoms with van der Waals surface area (Å²) in [6, 6.07) is 9.24. The molecular weight excluding hydrogens is 222 g/mol. The Kier molecular flexibility index (Phi) is 3.95. The van der Waals surface area contributed by atoms with Crippen LogP contribution in [0.2, 0.25) is 0 Å². The predicted molar refractivity (Wildman–Crippen MR) is 61.7 cm³/mol. The molecule has 5 nitrogen and oxygen atoms in total. The second-order valence-corrected chi connectivity index (χ2v) is 3.69. The molecule has 1 saturated heterocycles. The molecule has 1 aliphatic rings. The van der Waals surface area contributed by atoms with Crippen molar-refractivity contribution in [2.24, 2.45) is 0 Å². The van der Waals surface area contributed by atoms with Crippen LogP contribution in [0.15, 0.2) is 30.3 Å². The molecule has 2 rings (SSSR count). The number of para-hydroxylation sites is 1. The highest BCUT2D eigenvalue weighted by Crippen LogP contribution is 2.23. The fourth-order valence-corrected chi connectivity index (χ4v) is 1.67. The molecule has 1 aromatic rings. The Morgan fingerprint density at radius 2 is 2.18 bits per heavy atom. The van der Waals surface area contributed by atoms with Gasteiger partial charge in [-0.05, 0) is 18.6 Å². The van der Waals surface area contributed by atoms with Gasteiger partial charge in [0.05, 0.1) is 6.61 Å². The SMILES string of the molecule is O=C1OCC(OCCCO)N1c1ccccc1. The summed E-state index contributed by atoms with van der Waals surface area (Å²) in [6.45, 7) is 0.702. The number of ether oxygens (including phenoxy) is 2. The maximum Gasteiger partial charge on any atom is 0.416 e. The molecule has 0 aromatic heterocycles. The first-order valence-electron chi connectivity index (χ1n) is 5.56. The summed E-state index contributed by atoms with van der Waals surface area (Å²) in [5, 5.41) is 8.68. The molecule has 1 atom stereocenters. The van der Waals surface area contributed by atoms with Crippen molar-refractivity contribution in [3.8, 4) is 0 Å². The van der Waals surface area contributed by atoms with Gasteiger partial charge in [-0.25, -0.2) is 9.69 Å². The minimum absolute atomic E-state index is 0.0763. The predicted octanol–water partition coefficient (Wildman–Crippen LogP) is 1.37. The molecule has 5 heteroatoms. The molecule has 92 valence electrons. The highest BCUT2D eigenvalue weighted by atomic mass is 16.6. The van der Waals surface area contributed by atoms with Crippen molar-refractivity contribution in [3.05, 3.63) is 30.3 Å². The van der Waals surface area contributed by atoms with E-state index in [2.05, 4.69) is 0 Å². The third kappa shape index (κ3) is 2.75. The second-order valence-electron chi connectivity index (χ2n) is 3.69. The van der Waals surface area contributed by atoms with Crippen LogP contribution in [0.1, 0.15) is 6.42 Å². The van der Waals surface area contributed by atoms with E-state index < -0.39 is 12.3 Å². The zero-order valence-corrected chi connectivity index (χ0v) is 9.41. The maximum atomic E-state index is 11.6. The molecule has 0 spiro atoms. The van der Waals surface area contributed by atoms with Gasteiger partial charge < -0.3 is 14.6 Å². The third-order valence-electron chi connectivity index (χ3n) is 2.48. The van der Waals surface area contributed by atoms with Gasteiger partial charge >= 0.3 is 6.09 Å². The number of hydrogen-bond donors (Lipinski definition) is 1. The first kappa shape index (κ1) is 11.9. The van der Waals surface area contributed by atoms with E-state index in [1.807, 2.05) is 30.3 Å². The van der Waals surface area contributed by atoms with Gasteiger partial charge in [0.25, 0.3) is 0 Å². The van der Waals surface area contributed by atoms with E-state index in [4.69, 9.17) is 14.6 Å². The van der Waals surface area contributed by atoms with Crippen molar-refractivity contribution < 1.29 is 19.4 Å². The van der Waals surface area contributed by atoms with Gasteiger partial charge in [0.15, 0.2) is 6.23 Å². The molecule has 0 radical (unpaired) electrons. The molecule has 1 heterocycles. The van der Waals surface area contributed by atoms with E-state index in [9.17, 15) is 4.79 Å². The fraction of sp³-hybridized carbons (Fsp3) is 0.417. The number of nitrogens with zero attached hydrogens (tertiary/aromatic N) is 1. The van der Waals surface area contributed by atoms with Crippen LogP contribution in [0.4, 0.5) is 10.5 Å². The summed E-state index contributed by atoms with van der Waals surface area (Å²) in [5.74, 6) is 0. The minimum atomic E-state index is -0.406. The Balaban J connectivity index is 2.04. The normalized spacial score (nSPS) is 19.5. The summed E-state index contributed by atoms with van der Waals surface area (Å²) in [6.07, 6.45) is -0.255. The number of benzene rings is 1. The molecule has 1 unspecified atom stereocenters. The van der Waals surface area contributed by atoms with E-state index in [-0.39, 0.29) is 13.2 Å². The van der Waals surface area contributed by atoms with Crippen LogP contribution in [0.25, 0.3) is 0 Å². The third-order valence-corrected chi connectivity index (χ3v) is 2.48. The summed E-state index contributed by atoms with van der Waals surface area (Å²) >= 11 is 0. The Bertz CT molecular complexity index is 368. The highest BCUT2D eigenvalue weighted by molar-refractivity contribution is 5.89. The number of cyclic esters (lactones) is 1. The molecule has 0 aliphatic carbocycles. The highest BCUT2D eigenvalue weighted by Gasteiger charge is 2.34. The lowest BCUT2D eigenvalue weighted by molar-refractivity contribution is 0.0379. The first-order valence-corrected chi connectivity index (χ1v) is 5.56. The monoisotopic (exact) mass is 237 g/mol. The van der Waals surface area contributed by atoms with Crippen molar-refractivity contribution in [1.29, 1.82) is 0 Å². The summed E-state index contributed by atoms with van der Waals surface area (Å²) in [7, 11) is 0. The Labute approximate surface area is 99.6 Å². The number of aliphatic hydroxyl groups is 1. The van der Waals surface area contributed by atoms with Gasteiger partial charge in [0.2, 0.25) is 0 Å². The van der Waals surface area contributed by atoms with Crippen molar-refractivity contribution in [1.82, 2.24) is 0 Å². The van der Waals surface area contributed by atoms with Crippen LogP contribution in [0, 0.1) is 0 Å². The summed E-state index contributed by atoms with van der Waals surface area (Å²) < 4.78 is 10.5. The van der Waals surface area contributed by atoms with Crippen molar-refractivity contribution in [3.63, 3.8) is 0 Å². The average Bonchev–Trinajstić information content (AvgIpc) is 2.72. The van der Waals surface area contributed by atoms with Gasteiger partial charge in [0, 0.05) is 12.3 Å². The van der Waals surface area contributed by atoms with Gasteiger partial charge in [-0.15, -0.1) is 0 Å². The van der Waals surface area contributed by atoms with Gasteiger partial charge in [-0.3, -0.25) is 0 Å². The lowest BCUT2D eigenvalue weighted by Gasteiger charge is -2.21. The number of carbonyl (C=O) groups is 1. The molecule has 0 saturated carbocycles. The molecular formula is C12H15NO4. The number of carbonyl (C=O) groups excluding carboxylic acids is 1. The number of aliphatic hydroxyl groups excluding tert-OH is 1. The van der Waals surface area contributed by atoms with E-state index in [0.29, 0.717) is 13.0 Å². The molecule has 1 fully saturated rings. The minimum Gasteiger partial charge on any atom is -0.444 e. The largest absolute Gasteiger partial charge is 0.444 e. The quantitative estimate of drug-likeness (QED) is 0.786. The van der Waals surface area contributed by atoms with Crippen LogP contribution >= 0.6 is 0 Å². The molecule has 1 N–H and O–H groups in total. The fourth-order valence-electron chi connectivity index (χ4n) is 1.67. The van der Waals surface area contributed by atoms with Crippen molar-refractivity contribution in [2.45, 2.75) is 12.6 Å². The summed E-state index contributed by atoms with van der Waals surface area (Å²) in [5.41, 5.74) is 0.754. The van der Waals surface area contributed by atoms with Crippen molar-refractivity contribution >= 4 is 11.8 Å². The van der Waals surface area contributed by atoms with Gasteiger partial charge in [0.1, 0.15) is 6.61 Å². The molecule has 1 aliphatic heterocycles. The average molecular weight is 237 g/mol. The zero-order valence-electron chi connectivity index (χ0n) is 9.41. The van der Waals surface area contributed by atoms with Crippen LogP contribution in [-0.2, 0) is 9.47 Å². The van der Waals surface area contributed by atoms with Crippen LogP contribution in [0.5, 0.6) is 0 Å². The van der Waals surface area contributed by atoms with Gasteiger partial charge in [-0.1, -0.05) is 18.2 Å². The molecule has 0 bridgehead atoms. The number of hydrogen-bond acceptors (Lipinski definition) is 4. The van der Waals surface area contributed by atoms with Crippen molar-refractivity contribution in [2.75, 3.05) is 24.7 Å². The molecule has 1 amide bonds. The molecule has 17 heavy (non-hydrogen) atoms. The van der Waals surface area contributed by atoms with E-state index >= 15 is 0 Å². The zero-order chi connectivity index (χ0) is 12.1. The lowest BCUT2D eigenvalue weighted by Crippen LogP contribution is -2.35. The topological polar surface area (TPSA) is 59.0 Å². The first-order chi connectivity index (χ1) is 8.33.